The van der Waals surface area contributed by atoms with Gasteiger partial charge in [0.15, 0.2) is 11.4 Å². The third-order valence-electron chi connectivity index (χ3n) is 11.4. The Morgan fingerprint density at radius 1 is 0.357 bits per heavy atom. The van der Waals surface area contributed by atoms with Crippen LogP contribution in [0.2, 0.25) is 0 Å². The van der Waals surface area contributed by atoms with Gasteiger partial charge in [-0.25, -0.2) is 9.97 Å². The zero-order chi connectivity index (χ0) is 36.7. The van der Waals surface area contributed by atoms with Crippen LogP contribution in [0.3, 0.4) is 0 Å². The summed E-state index contributed by atoms with van der Waals surface area (Å²) in [5.41, 5.74) is 10.6. The zero-order valence-corrected chi connectivity index (χ0v) is 30.1. The van der Waals surface area contributed by atoms with Crippen molar-refractivity contribution in [3.63, 3.8) is 0 Å². The van der Waals surface area contributed by atoms with Gasteiger partial charge in [0.25, 0.3) is 0 Å². The van der Waals surface area contributed by atoms with Crippen molar-refractivity contribution in [2.45, 2.75) is 0 Å². The van der Waals surface area contributed by atoms with Crippen LogP contribution in [0.4, 0.5) is 0 Å². The minimum absolute atomic E-state index is 0.654. The molecule has 56 heavy (non-hydrogen) atoms. The van der Waals surface area contributed by atoms with Gasteiger partial charge in [-0.1, -0.05) is 146 Å². The number of para-hydroxylation sites is 2. The van der Waals surface area contributed by atoms with Crippen LogP contribution in [0.25, 0.3) is 116 Å². The van der Waals surface area contributed by atoms with E-state index in [0.29, 0.717) is 11.4 Å². The molecule has 0 N–H and O–H groups in total. The molecule has 4 nitrogen and oxygen atoms in total. The highest BCUT2D eigenvalue weighted by molar-refractivity contribution is 6.26. The van der Waals surface area contributed by atoms with Gasteiger partial charge in [-0.05, 0) is 85.9 Å². The lowest BCUT2D eigenvalue weighted by Crippen LogP contribution is -1.94. The van der Waals surface area contributed by atoms with Crippen LogP contribution >= 0.6 is 0 Å². The second-order valence-corrected chi connectivity index (χ2v) is 14.5. The number of hydrogen-bond acceptors (Lipinski definition) is 3. The zero-order valence-electron chi connectivity index (χ0n) is 30.1. The van der Waals surface area contributed by atoms with Gasteiger partial charge < -0.3 is 8.98 Å². The molecule has 0 amide bonds. The molecule has 4 heteroatoms. The van der Waals surface area contributed by atoms with E-state index in [2.05, 4.69) is 174 Å². The first kappa shape index (κ1) is 30.9. The lowest BCUT2D eigenvalue weighted by Gasteiger charge is -2.12. The summed E-state index contributed by atoms with van der Waals surface area (Å²) in [5.74, 6) is 0.654. The summed E-state index contributed by atoms with van der Waals surface area (Å²) in [5, 5.41) is 10.8. The molecule has 0 bridgehead atoms. The van der Waals surface area contributed by atoms with Crippen molar-refractivity contribution in [2.24, 2.45) is 0 Å². The van der Waals surface area contributed by atoms with E-state index < -0.39 is 0 Å². The maximum absolute atomic E-state index is 6.77. The summed E-state index contributed by atoms with van der Waals surface area (Å²) < 4.78 is 9.10. The molecule has 0 saturated heterocycles. The van der Waals surface area contributed by atoms with E-state index in [9.17, 15) is 0 Å². The maximum atomic E-state index is 6.77. The molecule has 0 unspecified atom stereocenters. The van der Waals surface area contributed by atoms with Crippen LogP contribution in [-0.2, 0) is 0 Å². The van der Waals surface area contributed by atoms with Crippen molar-refractivity contribution in [1.82, 2.24) is 14.5 Å². The molecular formula is C52H31N3O. The van der Waals surface area contributed by atoms with Gasteiger partial charge in [0.2, 0.25) is 0 Å². The first-order valence-electron chi connectivity index (χ1n) is 19.0. The molecule has 0 spiro atoms. The standard InChI is InChI=1S/C52H31N3O/c1-3-14-32(15-4-1)49-51-50(45-30-47-44(31-48(45)56-51)42-24-11-12-25-46(42)55(47)36-18-5-2-6-19-36)54-52(53-49)35-17-13-16-33(28-35)34-26-27-41-39-22-8-7-20-37(39)38-21-9-10-23-40(38)43(41)29-34/h1-31H. The number of hydrogen-bond donors (Lipinski definition) is 0. The Kier molecular flexibility index (Phi) is 6.60. The predicted octanol–water partition coefficient (Wildman–Crippen LogP) is 13.9. The van der Waals surface area contributed by atoms with Crippen molar-refractivity contribution < 1.29 is 4.42 Å². The van der Waals surface area contributed by atoms with Crippen molar-refractivity contribution >= 4 is 76.2 Å². The molecule has 0 saturated carbocycles. The van der Waals surface area contributed by atoms with Gasteiger partial charge >= 0.3 is 0 Å². The van der Waals surface area contributed by atoms with Gasteiger partial charge in [-0.2, -0.15) is 0 Å². The Morgan fingerprint density at radius 2 is 0.946 bits per heavy atom. The van der Waals surface area contributed by atoms with E-state index >= 15 is 0 Å². The highest BCUT2D eigenvalue weighted by Crippen LogP contribution is 2.42. The highest BCUT2D eigenvalue weighted by atomic mass is 16.3. The van der Waals surface area contributed by atoms with Crippen molar-refractivity contribution in [1.29, 1.82) is 0 Å². The topological polar surface area (TPSA) is 43.9 Å². The summed E-state index contributed by atoms with van der Waals surface area (Å²) in [6.07, 6.45) is 0. The van der Waals surface area contributed by atoms with E-state index in [1.165, 1.54) is 37.7 Å². The summed E-state index contributed by atoms with van der Waals surface area (Å²) in [6.45, 7) is 0. The lowest BCUT2D eigenvalue weighted by atomic mass is 9.92. The van der Waals surface area contributed by atoms with Gasteiger partial charge in [-0.15, -0.1) is 0 Å². The van der Waals surface area contributed by atoms with Crippen LogP contribution < -0.4 is 0 Å². The van der Waals surface area contributed by atoms with Crippen molar-refractivity contribution in [2.75, 3.05) is 0 Å². The largest absolute Gasteiger partial charge is 0.452 e. The first-order valence-corrected chi connectivity index (χ1v) is 19.0. The molecule has 260 valence electrons. The molecule has 12 aromatic rings. The first-order chi connectivity index (χ1) is 27.8. The number of aromatic nitrogens is 3. The Morgan fingerprint density at radius 3 is 1.70 bits per heavy atom. The fraction of sp³-hybridized carbons (Fsp3) is 0. The second kappa shape index (κ2) is 12.0. The van der Waals surface area contributed by atoms with E-state index in [1.807, 2.05) is 18.2 Å². The quantitative estimate of drug-likeness (QED) is 0.171. The number of fused-ring (bicyclic) bond motifs is 12. The van der Waals surface area contributed by atoms with Crippen molar-refractivity contribution in [3.8, 4) is 39.5 Å². The number of benzene rings is 9. The van der Waals surface area contributed by atoms with Crippen LogP contribution in [0.15, 0.2) is 192 Å². The lowest BCUT2D eigenvalue weighted by molar-refractivity contribution is 0.668. The van der Waals surface area contributed by atoms with Crippen LogP contribution in [0.5, 0.6) is 0 Å². The average Bonchev–Trinajstić information content (AvgIpc) is 3.80. The second-order valence-electron chi connectivity index (χ2n) is 14.5. The van der Waals surface area contributed by atoms with Gasteiger partial charge in [-0.3, -0.25) is 0 Å². The number of rotatable bonds is 4. The molecule has 12 rings (SSSR count). The fourth-order valence-corrected chi connectivity index (χ4v) is 8.81. The van der Waals surface area contributed by atoms with E-state index in [1.54, 1.807) is 0 Å². The fourth-order valence-electron chi connectivity index (χ4n) is 8.81. The molecule has 3 aromatic heterocycles. The minimum atomic E-state index is 0.654. The molecule has 0 aliphatic heterocycles. The third-order valence-corrected chi connectivity index (χ3v) is 11.4. The maximum Gasteiger partial charge on any atom is 0.180 e. The summed E-state index contributed by atoms with van der Waals surface area (Å²) in [4.78, 5) is 10.6. The number of nitrogens with zero attached hydrogens (tertiary/aromatic N) is 3. The Hall–Kier alpha value is -7.56. The Balaban J connectivity index is 1.08. The third kappa shape index (κ3) is 4.60. The molecular weight excluding hydrogens is 683 g/mol. The molecule has 0 atom stereocenters. The highest BCUT2D eigenvalue weighted by Gasteiger charge is 2.21. The van der Waals surface area contributed by atoms with Crippen LogP contribution in [0, 0.1) is 0 Å². The Labute approximate surface area is 321 Å². The SMILES string of the molecule is c1ccc(-c2nc(-c3cccc(-c4ccc5c6ccccc6c6ccccc6c5c4)c3)nc3c2oc2cc4c5ccccc5n(-c5ccccc5)c4cc23)cc1. The monoisotopic (exact) mass is 713 g/mol. The molecule has 0 fully saturated rings. The summed E-state index contributed by atoms with van der Waals surface area (Å²) in [6, 6.07) is 66.7. The molecule has 9 aromatic carbocycles. The molecule has 0 radical (unpaired) electrons. The predicted molar refractivity (Wildman–Crippen MR) is 232 cm³/mol. The number of furan rings is 1. The minimum Gasteiger partial charge on any atom is -0.452 e. The average molecular weight is 714 g/mol. The van der Waals surface area contributed by atoms with Gasteiger partial charge in [0.1, 0.15) is 16.8 Å². The van der Waals surface area contributed by atoms with Crippen LogP contribution in [0.1, 0.15) is 0 Å². The van der Waals surface area contributed by atoms with Crippen molar-refractivity contribution in [3.05, 3.63) is 188 Å². The normalized spacial score (nSPS) is 11.9. The van der Waals surface area contributed by atoms with E-state index in [4.69, 9.17) is 14.4 Å². The molecule has 3 heterocycles. The van der Waals surface area contributed by atoms with Crippen LogP contribution in [-0.4, -0.2) is 14.5 Å². The van der Waals surface area contributed by atoms with E-state index in [0.717, 1.165) is 66.5 Å². The van der Waals surface area contributed by atoms with E-state index in [-0.39, 0.29) is 0 Å². The summed E-state index contributed by atoms with van der Waals surface area (Å²) in [7, 11) is 0. The smallest absolute Gasteiger partial charge is 0.180 e. The molecule has 0 aliphatic rings. The van der Waals surface area contributed by atoms with Gasteiger partial charge in [0, 0.05) is 33.0 Å². The Bertz CT molecular complexity index is 3490. The van der Waals surface area contributed by atoms with Gasteiger partial charge in [0.05, 0.1) is 11.0 Å². The summed E-state index contributed by atoms with van der Waals surface area (Å²) >= 11 is 0. The molecule has 0 aliphatic carbocycles.